The Morgan fingerprint density at radius 2 is 2.20 bits per heavy atom. The van der Waals surface area contributed by atoms with Crippen LogP contribution in [0.15, 0.2) is 36.4 Å². The smallest absolute Gasteiger partial charge is 0.0836 e. The topological polar surface area (TPSA) is 9.23 Å². The van der Waals surface area contributed by atoms with E-state index in [2.05, 4.69) is 43.3 Å². The minimum absolute atomic E-state index is 0.322. The lowest BCUT2D eigenvalue weighted by atomic mass is 10.0. The molecular weight excluding hydrogens is 184 g/mol. The van der Waals surface area contributed by atoms with Crippen molar-refractivity contribution in [3.8, 4) is 0 Å². The van der Waals surface area contributed by atoms with Gasteiger partial charge in [-0.1, -0.05) is 43.3 Å². The molecule has 1 aliphatic rings. The van der Waals surface area contributed by atoms with Crippen molar-refractivity contribution in [2.75, 3.05) is 0 Å². The number of rotatable bonds is 4. The highest BCUT2D eigenvalue weighted by molar-refractivity contribution is 5.31. The molecule has 1 unspecified atom stereocenters. The molecule has 0 radical (unpaired) electrons. The lowest BCUT2D eigenvalue weighted by Gasteiger charge is -2.08. The Kier molecular flexibility index (Phi) is 3.57. The second kappa shape index (κ2) is 5.13. The van der Waals surface area contributed by atoms with Crippen molar-refractivity contribution in [1.82, 2.24) is 0 Å². The first kappa shape index (κ1) is 10.4. The van der Waals surface area contributed by atoms with Crippen molar-refractivity contribution in [3.63, 3.8) is 0 Å². The number of allylic oxidation sites excluding steroid dienone is 2. The zero-order chi connectivity index (χ0) is 10.5. The van der Waals surface area contributed by atoms with E-state index in [0.29, 0.717) is 6.10 Å². The summed E-state index contributed by atoms with van der Waals surface area (Å²) in [6.07, 6.45) is 8.15. The van der Waals surface area contributed by atoms with Crippen LogP contribution in [0.1, 0.15) is 43.4 Å². The van der Waals surface area contributed by atoms with Gasteiger partial charge in [0.15, 0.2) is 0 Å². The third-order valence-electron chi connectivity index (χ3n) is 2.84. The summed E-state index contributed by atoms with van der Waals surface area (Å²) < 4.78 is 5.77. The lowest BCUT2D eigenvalue weighted by molar-refractivity contribution is 0.0608. The maximum atomic E-state index is 5.77. The molecule has 0 saturated carbocycles. The molecule has 1 aromatic rings. The molecule has 2 rings (SSSR count). The van der Waals surface area contributed by atoms with Gasteiger partial charge >= 0.3 is 0 Å². The highest BCUT2D eigenvalue weighted by atomic mass is 16.5. The molecule has 0 saturated heterocycles. The maximum Gasteiger partial charge on any atom is 0.0836 e. The molecule has 1 aliphatic heterocycles. The zero-order valence-electron chi connectivity index (χ0n) is 9.28. The molecule has 1 heteroatoms. The van der Waals surface area contributed by atoms with Gasteiger partial charge in [0.1, 0.15) is 0 Å². The summed E-state index contributed by atoms with van der Waals surface area (Å²) in [7, 11) is 0. The van der Waals surface area contributed by atoms with Gasteiger partial charge in [0, 0.05) is 0 Å². The van der Waals surface area contributed by atoms with Crippen LogP contribution in [0.4, 0.5) is 0 Å². The highest BCUT2D eigenvalue weighted by Gasteiger charge is 2.21. The van der Waals surface area contributed by atoms with E-state index in [9.17, 15) is 0 Å². The Bertz CT molecular complexity index is 341. The predicted molar refractivity (Wildman–Crippen MR) is 62.6 cm³/mol. The Morgan fingerprint density at radius 3 is 3.07 bits per heavy atom. The minimum Gasteiger partial charge on any atom is -0.369 e. The highest BCUT2D eigenvalue weighted by Crippen LogP contribution is 2.33. The van der Waals surface area contributed by atoms with E-state index < -0.39 is 0 Å². The first-order valence-corrected chi connectivity index (χ1v) is 5.76. The van der Waals surface area contributed by atoms with Crippen LogP contribution in [0.2, 0.25) is 0 Å². The molecule has 0 amide bonds. The van der Waals surface area contributed by atoms with Crippen molar-refractivity contribution in [3.05, 3.63) is 47.5 Å². The van der Waals surface area contributed by atoms with Crippen LogP contribution >= 0.6 is 0 Å². The second-order valence-corrected chi connectivity index (χ2v) is 3.96. The van der Waals surface area contributed by atoms with Crippen LogP contribution in [0, 0.1) is 0 Å². The maximum absolute atomic E-state index is 5.77. The van der Waals surface area contributed by atoms with E-state index in [4.69, 9.17) is 4.74 Å². The fourth-order valence-electron chi connectivity index (χ4n) is 2.03. The first-order valence-electron chi connectivity index (χ1n) is 5.76. The van der Waals surface area contributed by atoms with E-state index in [0.717, 1.165) is 25.9 Å². The molecule has 1 atom stereocenters. The Morgan fingerprint density at radius 1 is 1.33 bits per heavy atom. The van der Waals surface area contributed by atoms with Crippen LogP contribution in [0.3, 0.4) is 0 Å². The molecule has 1 nitrogen and oxygen atoms in total. The minimum atomic E-state index is 0.322. The van der Waals surface area contributed by atoms with Gasteiger partial charge in [-0.15, -0.1) is 0 Å². The van der Waals surface area contributed by atoms with Crippen LogP contribution in [0.25, 0.3) is 0 Å². The van der Waals surface area contributed by atoms with E-state index in [1.807, 2.05) is 0 Å². The molecule has 0 bridgehead atoms. The molecule has 0 N–H and O–H groups in total. The van der Waals surface area contributed by atoms with E-state index in [-0.39, 0.29) is 0 Å². The summed E-state index contributed by atoms with van der Waals surface area (Å²) in [5, 5.41) is 0. The van der Waals surface area contributed by atoms with Gasteiger partial charge in [-0.3, -0.25) is 0 Å². The molecular formula is C14H18O. The van der Waals surface area contributed by atoms with Gasteiger partial charge in [-0.05, 0) is 30.4 Å². The summed E-state index contributed by atoms with van der Waals surface area (Å²) >= 11 is 0. The number of hydrogen-bond donors (Lipinski definition) is 0. The molecule has 80 valence electrons. The van der Waals surface area contributed by atoms with Crippen molar-refractivity contribution >= 4 is 0 Å². The number of ether oxygens (including phenoxy) is 1. The van der Waals surface area contributed by atoms with Gasteiger partial charge < -0.3 is 4.74 Å². The largest absolute Gasteiger partial charge is 0.369 e. The van der Waals surface area contributed by atoms with Gasteiger partial charge in [-0.25, -0.2) is 0 Å². The Labute approximate surface area is 91.8 Å². The molecule has 15 heavy (non-hydrogen) atoms. The van der Waals surface area contributed by atoms with Crippen molar-refractivity contribution in [1.29, 1.82) is 0 Å². The van der Waals surface area contributed by atoms with Crippen LogP contribution in [0.5, 0.6) is 0 Å². The zero-order valence-corrected chi connectivity index (χ0v) is 9.28. The standard InChI is InChI=1S/C14H18O/c1-2-3-4-5-10-14-13-9-7-6-8-12(13)11-15-14/h3-4,6-9,14H,2,5,10-11H2,1H3. The number of hydrogen-bond acceptors (Lipinski definition) is 1. The molecule has 0 fully saturated rings. The molecule has 1 heterocycles. The van der Waals surface area contributed by atoms with E-state index in [1.54, 1.807) is 0 Å². The average molecular weight is 202 g/mol. The summed E-state index contributed by atoms with van der Waals surface area (Å²) in [5.74, 6) is 0. The SMILES string of the molecule is CCC=CCCC1OCc2ccccc21. The normalized spacial score (nSPS) is 19.7. The quantitative estimate of drug-likeness (QED) is 0.670. The number of fused-ring (bicyclic) bond motifs is 1. The van der Waals surface area contributed by atoms with Crippen molar-refractivity contribution in [2.45, 2.75) is 38.9 Å². The summed E-state index contributed by atoms with van der Waals surface area (Å²) in [4.78, 5) is 0. The van der Waals surface area contributed by atoms with Crippen molar-refractivity contribution in [2.24, 2.45) is 0 Å². The lowest BCUT2D eigenvalue weighted by Crippen LogP contribution is -1.94. The van der Waals surface area contributed by atoms with Gasteiger partial charge in [-0.2, -0.15) is 0 Å². The van der Waals surface area contributed by atoms with Gasteiger partial charge in [0.2, 0.25) is 0 Å². The summed E-state index contributed by atoms with van der Waals surface area (Å²) in [5.41, 5.74) is 2.75. The van der Waals surface area contributed by atoms with Crippen molar-refractivity contribution < 1.29 is 4.74 Å². The third-order valence-corrected chi connectivity index (χ3v) is 2.84. The van der Waals surface area contributed by atoms with Crippen LogP contribution in [-0.2, 0) is 11.3 Å². The molecule has 0 aliphatic carbocycles. The molecule has 0 aromatic heterocycles. The fourth-order valence-corrected chi connectivity index (χ4v) is 2.03. The fraction of sp³-hybridized carbons (Fsp3) is 0.429. The Balaban J connectivity index is 1.93. The predicted octanol–water partition coefficient (Wildman–Crippen LogP) is 4.00. The van der Waals surface area contributed by atoms with E-state index in [1.165, 1.54) is 11.1 Å². The Hall–Kier alpha value is -1.08. The average Bonchev–Trinajstić information content (AvgIpc) is 2.68. The molecule has 1 aromatic carbocycles. The second-order valence-electron chi connectivity index (χ2n) is 3.96. The van der Waals surface area contributed by atoms with Gasteiger partial charge in [0.25, 0.3) is 0 Å². The molecule has 0 spiro atoms. The van der Waals surface area contributed by atoms with Gasteiger partial charge in [0.05, 0.1) is 12.7 Å². The summed E-state index contributed by atoms with van der Waals surface area (Å²) in [6.45, 7) is 2.95. The van der Waals surface area contributed by atoms with Crippen LogP contribution in [-0.4, -0.2) is 0 Å². The van der Waals surface area contributed by atoms with Crippen LogP contribution < -0.4 is 0 Å². The summed E-state index contributed by atoms with van der Waals surface area (Å²) in [6, 6.07) is 8.54. The number of benzene rings is 1. The monoisotopic (exact) mass is 202 g/mol. The first-order chi connectivity index (χ1) is 7.42. The van der Waals surface area contributed by atoms with E-state index >= 15 is 0 Å². The third kappa shape index (κ3) is 2.48.